The maximum absolute atomic E-state index is 14.1. The highest BCUT2D eigenvalue weighted by atomic mass is 16.5. The van der Waals surface area contributed by atoms with Gasteiger partial charge in [0.15, 0.2) is 0 Å². The molecule has 0 bridgehead atoms. The molecule has 0 atom stereocenters. The molecule has 0 unspecified atom stereocenters. The van der Waals surface area contributed by atoms with Crippen molar-refractivity contribution in [2.75, 3.05) is 39.2 Å². The minimum atomic E-state index is -0.119. The van der Waals surface area contributed by atoms with E-state index in [1.807, 2.05) is 85.4 Å². The topological polar surface area (TPSA) is 66.8 Å². The first-order chi connectivity index (χ1) is 19.4. The van der Waals surface area contributed by atoms with Gasteiger partial charge in [0.2, 0.25) is 0 Å². The molecule has 7 nitrogen and oxygen atoms in total. The second kappa shape index (κ2) is 11.8. The maximum atomic E-state index is 14.1. The minimum Gasteiger partial charge on any atom is -0.496 e. The highest BCUT2D eigenvalue weighted by Crippen LogP contribution is 2.35. The smallest absolute Gasteiger partial charge is 0.267 e. The summed E-state index contributed by atoms with van der Waals surface area (Å²) in [5.74, 6) is 0.435. The van der Waals surface area contributed by atoms with Gasteiger partial charge in [-0.25, -0.2) is 0 Å². The third-order valence-electron chi connectivity index (χ3n) is 7.43. The summed E-state index contributed by atoms with van der Waals surface area (Å²) in [6.45, 7) is 4.45. The number of fused-ring (bicyclic) bond motifs is 2. The highest BCUT2D eigenvalue weighted by Gasteiger charge is 2.28. The Kier molecular flexibility index (Phi) is 8.03. The van der Waals surface area contributed by atoms with Crippen molar-refractivity contribution >= 4 is 17.5 Å². The third-order valence-corrected chi connectivity index (χ3v) is 7.43. The summed E-state index contributed by atoms with van der Waals surface area (Å²) in [6, 6.07) is 25.5. The molecule has 2 heterocycles. The van der Waals surface area contributed by atoms with E-state index < -0.39 is 0 Å². The van der Waals surface area contributed by atoms with Crippen molar-refractivity contribution in [3.63, 3.8) is 0 Å². The van der Waals surface area contributed by atoms with Crippen LogP contribution in [-0.2, 0) is 13.1 Å². The van der Waals surface area contributed by atoms with Crippen LogP contribution in [0.4, 0.5) is 5.69 Å². The zero-order chi connectivity index (χ0) is 28.2. The highest BCUT2D eigenvalue weighted by molar-refractivity contribution is 6.07. The largest absolute Gasteiger partial charge is 0.496 e. The van der Waals surface area contributed by atoms with Crippen LogP contribution in [0.5, 0.6) is 5.75 Å². The minimum absolute atomic E-state index is 0.0983. The lowest BCUT2D eigenvalue weighted by molar-refractivity contribution is 0.0942. The number of carbonyl (C=O) groups is 2. The van der Waals surface area contributed by atoms with Gasteiger partial charge >= 0.3 is 0 Å². The predicted molar refractivity (Wildman–Crippen MR) is 159 cm³/mol. The van der Waals surface area contributed by atoms with E-state index in [0.717, 1.165) is 46.6 Å². The molecule has 0 saturated heterocycles. The molecule has 4 aromatic rings. The Balaban J connectivity index is 1.45. The summed E-state index contributed by atoms with van der Waals surface area (Å²) in [6.07, 6.45) is 0.878. The van der Waals surface area contributed by atoms with Crippen LogP contribution < -0.4 is 15.0 Å². The zero-order valence-corrected chi connectivity index (χ0v) is 23.6. The van der Waals surface area contributed by atoms with Gasteiger partial charge in [0.05, 0.1) is 20.2 Å². The first-order valence-corrected chi connectivity index (χ1v) is 13.6. The van der Waals surface area contributed by atoms with Crippen LogP contribution in [0.3, 0.4) is 0 Å². The van der Waals surface area contributed by atoms with Gasteiger partial charge in [0.1, 0.15) is 11.4 Å². The summed E-state index contributed by atoms with van der Waals surface area (Å²) in [5.41, 5.74) is 7.04. The lowest BCUT2D eigenvalue weighted by Gasteiger charge is -2.23. The van der Waals surface area contributed by atoms with E-state index >= 15 is 0 Å². The molecule has 1 aromatic heterocycles. The van der Waals surface area contributed by atoms with E-state index in [1.54, 1.807) is 12.0 Å². The third kappa shape index (κ3) is 5.51. The fraction of sp³-hybridized carbons (Fsp3) is 0.273. The molecule has 0 radical (unpaired) electrons. The van der Waals surface area contributed by atoms with E-state index in [0.29, 0.717) is 36.6 Å². The quantitative estimate of drug-likeness (QED) is 0.308. The van der Waals surface area contributed by atoms with Gasteiger partial charge < -0.3 is 24.4 Å². The molecule has 3 aromatic carbocycles. The number of aromatic nitrogens is 1. The molecular weight excluding hydrogens is 500 g/mol. The Morgan fingerprint density at radius 1 is 0.925 bits per heavy atom. The Morgan fingerprint density at radius 2 is 1.70 bits per heavy atom. The molecule has 40 heavy (non-hydrogen) atoms. The molecule has 1 N–H and O–H groups in total. The average molecular weight is 537 g/mol. The summed E-state index contributed by atoms with van der Waals surface area (Å²) in [5, 5.41) is 3.05. The summed E-state index contributed by atoms with van der Waals surface area (Å²) in [7, 11) is 5.67. The average Bonchev–Trinajstić information content (AvgIpc) is 3.28. The van der Waals surface area contributed by atoms with Gasteiger partial charge in [-0.15, -0.1) is 0 Å². The molecule has 2 amide bonds. The SMILES string of the molecule is COc1cc(C(=O)N2Cc3ccc(C(=O)NCCCN(C)C)n3Cc3ccccc32)ccc1-c1ccccc1C. The van der Waals surface area contributed by atoms with Crippen molar-refractivity contribution in [2.24, 2.45) is 0 Å². The first kappa shape index (κ1) is 27.2. The van der Waals surface area contributed by atoms with Crippen LogP contribution in [-0.4, -0.2) is 55.6 Å². The number of rotatable bonds is 8. The van der Waals surface area contributed by atoms with Gasteiger partial charge in [-0.3, -0.25) is 9.59 Å². The van der Waals surface area contributed by atoms with E-state index in [4.69, 9.17) is 4.74 Å². The molecule has 206 valence electrons. The van der Waals surface area contributed by atoms with E-state index in [-0.39, 0.29) is 11.8 Å². The summed E-state index contributed by atoms with van der Waals surface area (Å²) >= 11 is 0. The second-order valence-electron chi connectivity index (χ2n) is 10.5. The van der Waals surface area contributed by atoms with E-state index in [9.17, 15) is 9.59 Å². The molecule has 1 aliphatic rings. The maximum Gasteiger partial charge on any atom is 0.267 e. The van der Waals surface area contributed by atoms with Gasteiger partial charge in [-0.1, -0.05) is 42.5 Å². The van der Waals surface area contributed by atoms with Crippen LogP contribution in [0.2, 0.25) is 0 Å². The number of hydrogen-bond acceptors (Lipinski definition) is 4. The standard InChI is InChI=1S/C33H36N4O3/c1-23-10-5-7-12-27(23)28-16-14-24(20-31(28)40-4)33(39)37-22-26-15-17-30(32(38)34-18-9-19-35(2)3)36(26)21-25-11-6-8-13-29(25)37/h5-8,10-17,20H,9,18-19,21-22H2,1-4H3,(H,34,38). The normalized spacial score (nSPS) is 12.5. The monoisotopic (exact) mass is 536 g/mol. The lowest BCUT2D eigenvalue weighted by atomic mass is 9.98. The number of aryl methyl sites for hydroxylation is 1. The second-order valence-corrected chi connectivity index (χ2v) is 10.5. The fourth-order valence-corrected chi connectivity index (χ4v) is 5.30. The Bertz CT molecular complexity index is 1540. The Morgan fingerprint density at radius 3 is 2.48 bits per heavy atom. The van der Waals surface area contributed by atoms with Gasteiger partial charge in [0.25, 0.3) is 11.8 Å². The van der Waals surface area contributed by atoms with Crippen LogP contribution in [0.15, 0.2) is 78.9 Å². The van der Waals surface area contributed by atoms with Gasteiger partial charge in [-0.2, -0.15) is 0 Å². The van der Waals surface area contributed by atoms with Crippen LogP contribution in [0, 0.1) is 6.92 Å². The van der Waals surface area contributed by atoms with Gasteiger partial charge in [0, 0.05) is 29.1 Å². The number of amides is 2. The lowest BCUT2D eigenvalue weighted by Crippen LogP contribution is -2.31. The Labute approximate surface area is 236 Å². The molecule has 1 aliphatic heterocycles. The van der Waals surface area contributed by atoms with Crippen molar-refractivity contribution < 1.29 is 14.3 Å². The molecule has 0 spiro atoms. The number of carbonyl (C=O) groups excluding carboxylic acids is 2. The van der Waals surface area contributed by atoms with Crippen molar-refractivity contribution in [1.29, 1.82) is 0 Å². The van der Waals surface area contributed by atoms with Crippen molar-refractivity contribution in [1.82, 2.24) is 14.8 Å². The predicted octanol–water partition coefficient (Wildman–Crippen LogP) is 5.36. The van der Waals surface area contributed by atoms with Crippen LogP contribution in [0.25, 0.3) is 11.1 Å². The Hall–Kier alpha value is -4.36. The number of nitrogens with zero attached hydrogens (tertiary/aromatic N) is 3. The molecule has 0 aliphatic carbocycles. The van der Waals surface area contributed by atoms with E-state index in [2.05, 4.69) is 29.3 Å². The summed E-state index contributed by atoms with van der Waals surface area (Å²) < 4.78 is 7.77. The number of methoxy groups -OCH3 is 1. The molecule has 7 heteroatoms. The number of nitrogens with one attached hydrogen (secondary N) is 1. The number of ether oxygens (including phenoxy) is 1. The van der Waals surface area contributed by atoms with Crippen molar-refractivity contribution in [3.05, 3.63) is 107 Å². The van der Waals surface area contributed by atoms with Gasteiger partial charge in [-0.05, 0) is 87.1 Å². The van der Waals surface area contributed by atoms with Crippen molar-refractivity contribution in [2.45, 2.75) is 26.4 Å². The summed E-state index contributed by atoms with van der Waals surface area (Å²) in [4.78, 5) is 31.0. The zero-order valence-electron chi connectivity index (χ0n) is 23.6. The number of benzene rings is 3. The first-order valence-electron chi connectivity index (χ1n) is 13.6. The molecule has 0 fully saturated rings. The molecular formula is C33H36N4O3. The number of anilines is 1. The molecule has 0 saturated carbocycles. The van der Waals surface area contributed by atoms with Crippen LogP contribution >= 0.6 is 0 Å². The fourth-order valence-electron chi connectivity index (χ4n) is 5.30. The molecule has 5 rings (SSSR count). The van der Waals surface area contributed by atoms with E-state index in [1.165, 1.54) is 0 Å². The van der Waals surface area contributed by atoms with Crippen molar-refractivity contribution in [3.8, 4) is 16.9 Å². The number of para-hydroxylation sites is 1. The van der Waals surface area contributed by atoms with Crippen LogP contribution in [0.1, 0.15) is 44.1 Å². The number of hydrogen-bond donors (Lipinski definition) is 1.